The number of amides is 2. The maximum atomic E-state index is 12.8. The van der Waals surface area contributed by atoms with Crippen molar-refractivity contribution >= 4 is 33.4 Å². The van der Waals surface area contributed by atoms with E-state index in [0.29, 0.717) is 18.0 Å². The molecule has 2 amide bonds. The second kappa shape index (κ2) is 8.04. The van der Waals surface area contributed by atoms with Crippen LogP contribution in [0.1, 0.15) is 16.2 Å². The summed E-state index contributed by atoms with van der Waals surface area (Å²) in [6, 6.07) is 14.3. The lowest BCUT2D eigenvalue weighted by Crippen LogP contribution is -2.49. The van der Waals surface area contributed by atoms with Crippen LogP contribution in [0.25, 0.3) is 0 Å². The normalized spacial score (nSPS) is 16.0. The van der Waals surface area contributed by atoms with E-state index >= 15 is 0 Å². The van der Waals surface area contributed by atoms with Crippen LogP contribution < -0.4 is 15.0 Å². The smallest absolute Gasteiger partial charge is 0.291 e. The number of nitrogens with zero attached hydrogens (tertiary/aromatic N) is 4. The number of benzene rings is 2. The summed E-state index contributed by atoms with van der Waals surface area (Å²) in [5.74, 6) is -0.231. The summed E-state index contributed by atoms with van der Waals surface area (Å²) in [7, 11) is 1.65. The van der Waals surface area contributed by atoms with Gasteiger partial charge in [-0.25, -0.2) is 9.67 Å². The first kappa shape index (κ1) is 19.1. The third-order valence-corrected chi connectivity index (χ3v) is 5.04. The molecule has 0 saturated heterocycles. The van der Waals surface area contributed by atoms with Gasteiger partial charge in [0, 0.05) is 11.5 Å². The first-order valence-electron chi connectivity index (χ1n) is 8.95. The van der Waals surface area contributed by atoms with E-state index in [9.17, 15) is 9.59 Å². The van der Waals surface area contributed by atoms with E-state index in [1.54, 1.807) is 23.9 Å². The van der Waals surface area contributed by atoms with Gasteiger partial charge in [-0.2, -0.15) is 0 Å². The largest absolute Gasteiger partial charge is 0.489 e. The number of aromatic nitrogens is 3. The van der Waals surface area contributed by atoms with Crippen molar-refractivity contribution in [2.75, 3.05) is 18.6 Å². The van der Waals surface area contributed by atoms with Gasteiger partial charge in [0.05, 0.1) is 12.2 Å². The van der Waals surface area contributed by atoms with Crippen LogP contribution in [0.5, 0.6) is 5.75 Å². The second-order valence-corrected chi connectivity index (χ2v) is 7.51. The van der Waals surface area contributed by atoms with Crippen molar-refractivity contribution in [1.82, 2.24) is 20.1 Å². The van der Waals surface area contributed by atoms with E-state index in [-0.39, 0.29) is 18.3 Å². The predicted molar refractivity (Wildman–Crippen MR) is 110 cm³/mol. The van der Waals surface area contributed by atoms with Crippen LogP contribution in [0.2, 0.25) is 0 Å². The van der Waals surface area contributed by atoms with Crippen LogP contribution in [0.4, 0.5) is 5.69 Å². The van der Waals surface area contributed by atoms with Crippen molar-refractivity contribution in [2.45, 2.75) is 12.6 Å². The molecule has 1 aromatic heterocycles. The molecule has 8 nitrogen and oxygen atoms in total. The van der Waals surface area contributed by atoms with Gasteiger partial charge in [0.25, 0.3) is 11.8 Å². The molecule has 148 valence electrons. The van der Waals surface area contributed by atoms with Crippen LogP contribution in [0, 0.1) is 0 Å². The monoisotopic (exact) mass is 455 g/mol. The molecule has 1 aliphatic heterocycles. The zero-order valence-corrected chi connectivity index (χ0v) is 17.2. The Hall–Kier alpha value is -3.20. The number of ether oxygens (including phenoxy) is 1. The first-order chi connectivity index (χ1) is 14.0. The molecule has 0 aliphatic carbocycles. The topological polar surface area (TPSA) is 89.4 Å². The molecule has 1 aliphatic rings. The van der Waals surface area contributed by atoms with Crippen LogP contribution in [-0.4, -0.2) is 46.3 Å². The van der Waals surface area contributed by atoms with E-state index in [1.807, 2.05) is 36.4 Å². The van der Waals surface area contributed by atoms with Crippen molar-refractivity contribution < 1.29 is 14.3 Å². The summed E-state index contributed by atoms with van der Waals surface area (Å²) < 4.78 is 8.14. The Morgan fingerprint density at radius 1 is 1.28 bits per heavy atom. The third-order valence-electron chi connectivity index (χ3n) is 4.55. The minimum Gasteiger partial charge on any atom is -0.489 e. The third kappa shape index (κ3) is 4.14. The number of carbonyl (C=O) groups excluding carboxylic acids is 2. The van der Waals surface area contributed by atoms with E-state index in [0.717, 1.165) is 10.0 Å². The Kier molecular flexibility index (Phi) is 5.30. The van der Waals surface area contributed by atoms with Crippen LogP contribution in [0.3, 0.4) is 0 Å². The van der Waals surface area contributed by atoms with E-state index in [1.165, 1.54) is 11.2 Å². The van der Waals surface area contributed by atoms with Gasteiger partial charge in [0.15, 0.2) is 0 Å². The van der Waals surface area contributed by atoms with Crippen molar-refractivity contribution in [2.24, 2.45) is 0 Å². The van der Waals surface area contributed by atoms with Gasteiger partial charge in [0.2, 0.25) is 5.82 Å². The van der Waals surface area contributed by atoms with Gasteiger partial charge in [-0.3, -0.25) is 9.59 Å². The highest BCUT2D eigenvalue weighted by molar-refractivity contribution is 9.10. The number of fused-ring (bicyclic) bond motifs is 1. The molecule has 9 heteroatoms. The van der Waals surface area contributed by atoms with Gasteiger partial charge in [0.1, 0.15) is 24.7 Å². The minimum absolute atomic E-state index is 0.000824. The molecule has 1 N–H and O–H groups in total. The SMILES string of the molecule is CN1C(=O)[C@@H](NC(=O)c2ncn(Cc3ccccc3)n2)COc2ccc(Br)cc21. The van der Waals surface area contributed by atoms with Gasteiger partial charge >= 0.3 is 0 Å². The molecule has 0 radical (unpaired) electrons. The van der Waals surface area contributed by atoms with Crippen LogP contribution in [0.15, 0.2) is 59.3 Å². The Labute approximate surface area is 175 Å². The molecule has 0 spiro atoms. The summed E-state index contributed by atoms with van der Waals surface area (Å²) >= 11 is 3.39. The highest BCUT2D eigenvalue weighted by Crippen LogP contribution is 2.33. The number of hydrogen-bond donors (Lipinski definition) is 1. The Morgan fingerprint density at radius 3 is 2.86 bits per heavy atom. The Bertz CT molecular complexity index is 1050. The number of carbonyl (C=O) groups is 2. The molecule has 3 aromatic rings. The maximum absolute atomic E-state index is 12.8. The van der Waals surface area contributed by atoms with E-state index < -0.39 is 11.9 Å². The highest BCUT2D eigenvalue weighted by Gasteiger charge is 2.31. The first-order valence-corrected chi connectivity index (χ1v) is 9.75. The van der Waals surface area contributed by atoms with E-state index in [4.69, 9.17) is 4.74 Å². The molecule has 2 heterocycles. The highest BCUT2D eigenvalue weighted by atomic mass is 79.9. The molecule has 4 rings (SSSR count). The molecule has 29 heavy (non-hydrogen) atoms. The predicted octanol–water partition coefficient (Wildman–Crippen LogP) is 2.24. The number of anilines is 1. The lowest BCUT2D eigenvalue weighted by Gasteiger charge is -2.20. The number of nitrogens with one attached hydrogen (secondary N) is 1. The fraction of sp³-hybridized carbons (Fsp3) is 0.200. The lowest BCUT2D eigenvalue weighted by molar-refractivity contribution is -0.120. The lowest BCUT2D eigenvalue weighted by atomic mass is 10.2. The van der Waals surface area contributed by atoms with Gasteiger partial charge in [-0.15, -0.1) is 5.10 Å². The van der Waals surface area contributed by atoms with Crippen molar-refractivity contribution in [3.63, 3.8) is 0 Å². The van der Waals surface area contributed by atoms with Gasteiger partial charge < -0.3 is 15.0 Å². The maximum Gasteiger partial charge on any atom is 0.291 e. The molecule has 0 bridgehead atoms. The quantitative estimate of drug-likeness (QED) is 0.651. The average molecular weight is 456 g/mol. The van der Waals surface area contributed by atoms with Crippen LogP contribution in [-0.2, 0) is 11.3 Å². The van der Waals surface area contributed by atoms with Gasteiger partial charge in [-0.05, 0) is 23.8 Å². The number of hydrogen-bond acceptors (Lipinski definition) is 5. The fourth-order valence-electron chi connectivity index (χ4n) is 3.04. The van der Waals surface area contributed by atoms with E-state index in [2.05, 4.69) is 31.3 Å². The molecule has 1 atom stereocenters. The Balaban J connectivity index is 1.45. The number of halogens is 1. The summed E-state index contributed by atoms with van der Waals surface area (Å²) in [5, 5.41) is 6.89. The summed E-state index contributed by atoms with van der Waals surface area (Å²) in [6.07, 6.45) is 1.49. The standard InChI is InChI=1S/C20H18BrN5O3/c1-25-16-9-14(21)7-8-17(16)29-11-15(20(25)28)23-19(27)18-22-12-26(24-18)10-13-5-3-2-4-6-13/h2-9,12,15H,10-11H2,1H3,(H,23,27)/t15-/m0/s1. The summed E-state index contributed by atoms with van der Waals surface area (Å²) in [5.41, 5.74) is 1.67. The molecule has 0 unspecified atom stereocenters. The number of rotatable bonds is 4. The zero-order chi connectivity index (χ0) is 20.4. The molecule has 0 fully saturated rings. The van der Waals surface area contributed by atoms with Crippen molar-refractivity contribution in [3.05, 3.63) is 70.7 Å². The Morgan fingerprint density at radius 2 is 2.07 bits per heavy atom. The summed E-state index contributed by atoms with van der Waals surface area (Å²) in [6.45, 7) is 0.522. The summed E-state index contributed by atoms with van der Waals surface area (Å²) in [4.78, 5) is 30.9. The fourth-order valence-corrected chi connectivity index (χ4v) is 3.39. The zero-order valence-electron chi connectivity index (χ0n) is 15.6. The molecule has 0 saturated carbocycles. The number of likely N-dealkylation sites (N-methyl/N-ethyl adjacent to an activating group) is 1. The van der Waals surface area contributed by atoms with Gasteiger partial charge in [-0.1, -0.05) is 46.3 Å². The molecular formula is C20H18BrN5O3. The average Bonchev–Trinajstić information content (AvgIpc) is 3.16. The second-order valence-electron chi connectivity index (χ2n) is 6.60. The molecule has 2 aromatic carbocycles. The van der Waals surface area contributed by atoms with Crippen molar-refractivity contribution in [3.8, 4) is 5.75 Å². The molecular weight excluding hydrogens is 438 g/mol. The van der Waals surface area contributed by atoms with Crippen molar-refractivity contribution in [1.29, 1.82) is 0 Å². The van der Waals surface area contributed by atoms with Crippen LogP contribution >= 0.6 is 15.9 Å². The minimum atomic E-state index is -0.847.